The van der Waals surface area contributed by atoms with Crippen LogP contribution in [0.4, 0.5) is 0 Å². The molecule has 0 saturated carbocycles. The number of fused-ring (bicyclic) bond motifs is 6. The molecule has 6 nitrogen and oxygen atoms in total. The molecule has 19 heavy (non-hydrogen) atoms. The molecule has 3 aliphatic heterocycles. The summed E-state index contributed by atoms with van der Waals surface area (Å²) in [5.74, 6) is -0.317. The third kappa shape index (κ3) is 1.86. The minimum absolute atomic E-state index is 0.195. The molecule has 3 saturated heterocycles. The molecule has 0 amide bonds. The Hall–Kier alpha value is -0.530. The SMILES string of the molecule is COCCC[C@]12O[C@H]([C@@H]3OO[C@H]1O3)[C@H](C)C(=O)[C@@H]2C. The zero-order valence-corrected chi connectivity index (χ0v) is 11.5. The van der Waals surface area contributed by atoms with E-state index in [1.807, 2.05) is 13.8 Å². The second-order valence-corrected chi connectivity index (χ2v) is 5.58. The lowest BCUT2D eigenvalue weighted by Gasteiger charge is -2.51. The van der Waals surface area contributed by atoms with Gasteiger partial charge in [-0.3, -0.25) is 4.79 Å². The fourth-order valence-corrected chi connectivity index (χ4v) is 3.29. The van der Waals surface area contributed by atoms with E-state index >= 15 is 0 Å². The number of hydrogen-bond acceptors (Lipinski definition) is 6. The van der Waals surface area contributed by atoms with Crippen LogP contribution in [0.2, 0.25) is 0 Å². The highest BCUT2D eigenvalue weighted by atomic mass is 17.3. The molecule has 0 N–H and O–H groups in total. The van der Waals surface area contributed by atoms with Gasteiger partial charge < -0.3 is 14.2 Å². The van der Waals surface area contributed by atoms with E-state index in [1.54, 1.807) is 7.11 Å². The Morgan fingerprint density at radius 3 is 2.84 bits per heavy atom. The van der Waals surface area contributed by atoms with Gasteiger partial charge in [0.1, 0.15) is 17.5 Å². The van der Waals surface area contributed by atoms with E-state index in [4.69, 9.17) is 24.0 Å². The van der Waals surface area contributed by atoms with Crippen LogP contribution in [0, 0.1) is 11.8 Å². The van der Waals surface area contributed by atoms with Crippen LogP contribution in [-0.4, -0.2) is 43.8 Å². The van der Waals surface area contributed by atoms with Crippen molar-refractivity contribution in [2.75, 3.05) is 13.7 Å². The normalized spacial score (nSPS) is 48.6. The van der Waals surface area contributed by atoms with Crippen LogP contribution in [0.1, 0.15) is 26.7 Å². The standard InChI is InChI=1S/C13H20O6/c1-7-9(14)8(2)13(5-4-6-15-3)12-16-11(18-19-12)10(7)17-13/h7-8,10-12H,4-6H2,1-3H3/t7-,8+,10+,11+,12-,13-/m1/s1. The predicted molar refractivity (Wildman–Crippen MR) is 62.9 cm³/mol. The summed E-state index contributed by atoms with van der Waals surface area (Å²) in [6.45, 7) is 4.35. The smallest absolute Gasteiger partial charge is 0.223 e. The average molecular weight is 272 g/mol. The number of methoxy groups -OCH3 is 1. The molecule has 3 heterocycles. The maximum absolute atomic E-state index is 12.4. The van der Waals surface area contributed by atoms with Gasteiger partial charge in [0.2, 0.25) is 12.6 Å². The fraction of sp³-hybridized carbons (Fsp3) is 0.923. The zero-order chi connectivity index (χ0) is 13.6. The van der Waals surface area contributed by atoms with Crippen molar-refractivity contribution < 1.29 is 28.8 Å². The number of hydrogen-bond donors (Lipinski definition) is 0. The summed E-state index contributed by atoms with van der Waals surface area (Å²) in [7, 11) is 1.65. The quantitative estimate of drug-likeness (QED) is 0.563. The van der Waals surface area contributed by atoms with Crippen LogP contribution >= 0.6 is 0 Å². The monoisotopic (exact) mass is 272 g/mol. The van der Waals surface area contributed by atoms with Gasteiger partial charge in [0.25, 0.3) is 0 Å². The summed E-state index contributed by atoms with van der Waals surface area (Å²) in [5.41, 5.74) is -0.750. The summed E-state index contributed by atoms with van der Waals surface area (Å²) < 4.78 is 17.0. The molecule has 108 valence electrons. The van der Waals surface area contributed by atoms with E-state index in [9.17, 15) is 4.79 Å². The highest BCUT2D eigenvalue weighted by Crippen LogP contribution is 2.49. The fourth-order valence-electron chi connectivity index (χ4n) is 3.29. The van der Waals surface area contributed by atoms with E-state index in [2.05, 4.69) is 0 Å². The van der Waals surface area contributed by atoms with Gasteiger partial charge in [-0.05, 0) is 12.8 Å². The molecule has 6 heteroatoms. The Morgan fingerprint density at radius 2 is 2.11 bits per heavy atom. The first-order chi connectivity index (χ1) is 9.10. The molecule has 3 aliphatic rings. The molecule has 0 radical (unpaired) electrons. The van der Waals surface area contributed by atoms with Crippen molar-refractivity contribution in [3.8, 4) is 0 Å². The van der Waals surface area contributed by atoms with E-state index in [0.717, 1.165) is 6.42 Å². The van der Waals surface area contributed by atoms with Gasteiger partial charge in [0, 0.05) is 25.6 Å². The molecule has 0 aliphatic carbocycles. The lowest BCUT2D eigenvalue weighted by molar-refractivity contribution is -0.319. The molecule has 0 spiro atoms. The predicted octanol–water partition coefficient (Wildman–Crippen LogP) is 1.04. The Bertz CT molecular complexity index is 372. The van der Waals surface area contributed by atoms with Gasteiger partial charge in [-0.25, -0.2) is 0 Å². The Balaban J connectivity index is 1.88. The zero-order valence-electron chi connectivity index (χ0n) is 11.5. The molecule has 4 bridgehead atoms. The van der Waals surface area contributed by atoms with Crippen LogP contribution in [-0.2, 0) is 28.8 Å². The number of ketones is 1. The third-order valence-electron chi connectivity index (χ3n) is 4.54. The van der Waals surface area contributed by atoms with Crippen molar-refractivity contribution in [3.63, 3.8) is 0 Å². The number of carbonyl (C=O) groups is 1. The van der Waals surface area contributed by atoms with Crippen LogP contribution < -0.4 is 0 Å². The van der Waals surface area contributed by atoms with Crippen molar-refractivity contribution in [1.82, 2.24) is 0 Å². The molecule has 0 aromatic heterocycles. The summed E-state index contributed by atoms with van der Waals surface area (Å²) in [6, 6.07) is 0. The van der Waals surface area contributed by atoms with Crippen LogP contribution in [0.3, 0.4) is 0 Å². The van der Waals surface area contributed by atoms with Gasteiger partial charge in [-0.2, -0.15) is 9.78 Å². The maximum Gasteiger partial charge on any atom is 0.223 e. The maximum atomic E-state index is 12.4. The third-order valence-corrected chi connectivity index (χ3v) is 4.54. The van der Waals surface area contributed by atoms with Crippen molar-refractivity contribution in [2.24, 2.45) is 11.8 Å². The second-order valence-electron chi connectivity index (χ2n) is 5.58. The van der Waals surface area contributed by atoms with Gasteiger partial charge >= 0.3 is 0 Å². The molecule has 6 atom stereocenters. The van der Waals surface area contributed by atoms with Crippen molar-refractivity contribution in [2.45, 2.75) is 51.0 Å². The first-order valence-corrected chi connectivity index (χ1v) is 6.78. The molecule has 0 aromatic rings. The van der Waals surface area contributed by atoms with E-state index in [-0.39, 0.29) is 23.7 Å². The highest BCUT2D eigenvalue weighted by molar-refractivity contribution is 5.85. The van der Waals surface area contributed by atoms with E-state index in [1.165, 1.54) is 0 Å². The first kappa shape index (κ1) is 13.5. The van der Waals surface area contributed by atoms with Crippen molar-refractivity contribution in [1.29, 1.82) is 0 Å². The van der Waals surface area contributed by atoms with Crippen molar-refractivity contribution in [3.05, 3.63) is 0 Å². The second kappa shape index (κ2) is 4.79. The molecule has 3 fully saturated rings. The summed E-state index contributed by atoms with van der Waals surface area (Å²) in [6.07, 6.45) is -0.171. The van der Waals surface area contributed by atoms with Crippen molar-refractivity contribution >= 4 is 5.78 Å². The summed E-state index contributed by atoms with van der Waals surface area (Å²) in [4.78, 5) is 22.8. The Morgan fingerprint density at radius 1 is 1.32 bits per heavy atom. The lowest BCUT2D eigenvalue weighted by atomic mass is 9.72. The van der Waals surface area contributed by atoms with Crippen LogP contribution in [0.25, 0.3) is 0 Å². The topological polar surface area (TPSA) is 63.2 Å². The minimum Gasteiger partial charge on any atom is -0.385 e. The lowest BCUT2D eigenvalue weighted by Crippen LogP contribution is -2.66. The molecular formula is C13H20O6. The molecule has 0 aromatic carbocycles. The van der Waals surface area contributed by atoms with Gasteiger partial charge in [-0.1, -0.05) is 13.8 Å². The van der Waals surface area contributed by atoms with Crippen LogP contribution in [0.15, 0.2) is 0 Å². The van der Waals surface area contributed by atoms with Gasteiger partial charge in [0.15, 0.2) is 0 Å². The Kier molecular flexibility index (Phi) is 3.39. The molecule has 0 unspecified atom stereocenters. The number of Topliss-reactive ketones (excluding diaryl/α,β-unsaturated/α-hetero) is 1. The van der Waals surface area contributed by atoms with Crippen LogP contribution in [0.5, 0.6) is 0 Å². The van der Waals surface area contributed by atoms with E-state index in [0.29, 0.717) is 13.0 Å². The van der Waals surface area contributed by atoms with Gasteiger partial charge in [0.05, 0.1) is 0 Å². The van der Waals surface area contributed by atoms with Gasteiger partial charge in [-0.15, -0.1) is 0 Å². The first-order valence-electron chi connectivity index (χ1n) is 6.78. The summed E-state index contributed by atoms with van der Waals surface area (Å²) in [5, 5.41) is 0. The Labute approximate surface area is 112 Å². The largest absolute Gasteiger partial charge is 0.385 e. The number of rotatable bonds is 4. The highest BCUT2D eigenvalue weighted by Gasteiger charge is 2.65. The summed E-state index contributed by atoms with van der Waals surface area (Å²) >= 11 is 0. The minimum atomic E-state index is -0.750. The number of carbonyl (C=O) groups excluding carboxylic acids is 1. The molecule has 3 rings (SSSR count). The molecular weight excluding hydrogens is 252 g/mol. The number of ether oxygens (including phenoxy) is 3. The average Bonchev–Trinajstić information content (AvgIpc) is 2.85. The van der Waals surface area contributed by atoms with E-state index < -0.39 is 18.2 Å².